The van der Waals surface area contributed by atoms with Crippen molar-refractivity contribution in [1.29, 1.82) is 5.41 Å². The molecule has 0 radical (unpaired) electrons. The van der Waals surface area contributed by atoms with E-state index < -0.39 is 48.5 Å². The van der Waals surface area contributed by atoms with Crippen molar-refractivity contribution in [2.75, 3.05) is 6.61 Å². The number of fused-ring (bicyclic) bond motifs is 1. The minimum Gasteiger partial charge on any atom is -0.507 e. The summed E-state index contributed by atoms with van der Waals surface area (Å²) in [7, 11) is 0. The second kappa shape index (κ2) is 13.6. The molecule has 14 heteroatoms. The predicted molar refractivity (Wildman–Crippen MR) is 165 cm³/mol. The summed E-state index contributed by atoms with van der Waals surface area (Å²) in [6.07, 6.45) is -0.899. The van der Waals surface area contributed by atoms with Crippen LogP contribution in [0.25, 0.3) is 5.76 Å². The number of phenolic OH excluding ortho intramolecular Hbond substituents is 1. The van der Waals surface area contributed by atoms with Crippen LogP contribution in [0.5, 0.6) is 28.7 Å². The lowest BCUT2D eigenvalue weighted by Gasteiger charge is -2.39. The monoisotopic (exact) mass is 652 g/mol. The lowest BCUT2D eigenvalue weighted by molar-refractivity contribution is -0.271. The fourth-order valence-corrected chi connectivity index (χ4v) is 5.90. The fourth-order valence-electron chi connectivity index (χ4n) is 5.90. The number of aliphatic hydroxyl groups is 4. The third-order valence-corrected chi connectivity index (χ3v) is 8.43. The van der Waals surface area contributed by atoms with Crippen molar-refractivity contribution in [3.8, 4) is 28.7 Å². The molecule has 14 nitrogen and oxygen atoms in total. The van der Waals surface area contributed by atoms with Gasteiger partial charge >= 0.3 is 5.97 Å². The van der Waals surface area contributed by atoms with E-state index in [0.29, 0.717) is 37.2 Å². The van der Waals surface area contributed by atoms with Crippen molar-refractivity contribution in [3.05, 3.63) is 59.7 Å². The first-order chi connectivity index (χ1) is 22.6. The number of nitrogens with one attached hydrogen (secondary N) is 1. The van der Waals surface area contributed by atoms with Crippen LogP contribution in [0, 0.1) is 5.41 Å². The first-order valence-corrected chi connectivity index (χ1v) is 15.4. The molecule has 3 heterocycles. The molecule has 1 saturated carbocycles. The number of aromatic hydroxyl groups is 1. The van der Waals surface area contributed by atoms with Gasteiger partial charge in [0.2, 0.25) is 12.0 Å². The number of carbonyl (C=O) groups is 1. The summed E-state index contributed by atoms with van der Waals surface area (Å²) in [6, 6.07) is 8.30. The van der Waals surface area contributed by atoms with E-state index in [9.17, 15) is 35.4 Å². The number of rotatable bonds is 10. The molecule has 1 aliphatic carbocycles. The van der Waals surface area contributed by atoms with Gasteiger partial charge in [-0.05, 0) is 55.5 Å². The first kappa shape index (κ1) is 32.3. The lowest BCUT2D eigenvalue weighted by atomic mass is 9.97. The third-order valence-electron chi connectivity index (χ3n) is 8.43. The van der Waals surface area contributed by atoms with E-state index in [0.717, 1.165) is 25.0 Å². The highest BCUT2D eigenvalue weighted by Gasteiger charge is 2.48. The number of hydrogen-bond acceptors (Lipinski definition) is 12. The molecule has 250 valence electrons. The Bertz CT molecular complexity index is 1600. The fraction of sp³-hybridized carbons (Fsp3) is 0.424. The Kier molecular flexibility index (Phi) is 9.36. The molecule has 4 aliphatic rings. The molecule has 0 spiro atoms. The Morgan fingerprint density at radius 2 is 1.72 bits per heavy atom. The summed E-state index contributed by atoms with van der Waals surface area (Å²) < 4.78 is 29.3. The van der Waals surface area contributed by atoms with E-state index in [4.69, 9.17) is 29.1 Å². The zero-order chi connectivity index (χ0) is 33.2. The second-order valence-electron chi connectivity index (χ2n) is 11.7. The molecular formula is C33H36N2O12. The number of amidine groups is 1. The van der Waals surface area contributed by atoms with Gasteiger partial charge in [0.1, 0.15) is 53.1 Å². The van der Waals surface area contributed by atoms with Crippen LogP contribution < -0.4 is 18.9 Å². The Morgan fingerprint density at radius 1 is 0.979 bits per heavy atom. The van der Waals surface area contributed by atoms with Crippen LogP contribution in [0.1, 0.15) is 55.8 Å². The highest BCUT2D eigenvalue weighted by molar-refractivity contribution is 6.14. The van der Waals surface area contributed by atoms with Crippen LogP contribution in [-0.4, -0.2) is 91.6 Å². The van der Waals surface area contributed by atoms with Gasteiger partial charge in [-0.3, -0.25) is 5.41 Å². The van der Waals surface area contributed by atoms with E-state index in [1.54, 1.807) is 36.4 Å². The van der Waals surface area contributed by atoms with Crippen LogP contribution >= 0.6 is 0 Å². The highest BCUT2D eigenvalue weighted by Crippen LogP contribution is 2.51. The molecule has 0 amide bonds. The van der Waals surface area contributed by atoms with E-state index in [1.165, 1.54) is 12.1 Å². The molecule has 0 bridgehead atoms. The number of nitrogens with zero attached hydrogens (tertiary/aromatic N) is 1. The summed E-state index contributed by atoms with van der Waals surface area (Å²) in [5.74, 6) is -1.96. The standard InChI is InChI=1S/C33H36N2O12/c34-24-11-8-17(35-24)12-13-43-18-9-6-16(7-10-18)21-14-20(36)25-22(45-21)15-23(30(26(25)37)44-19-4-2-1-3-5-19)46-33-29(40)27(38)28(39)31(47-33)32(41)42/h6-11,14-15,19,21,27-29,31,33-34,36-40H,1-5,12-13H2,(H,41,42). The zero-order valence-electron chi connectivity index (χ0n) is 25.2. The van der Waals surface area contributed by atoms with Crippen molar-refractivity contribution in [1.82, 2.24) is 0 Å². The minimum absolute atomic E-state index is 0.00421. The molecule has 6 unspecified atom stereocenters. The Balaban J connectivity index is 1.25. The number of benzene rings is 2. The Hall–Kier alpha value is -4.63. The van der Waals surface area contributed by atoms with Crippen LogP contribution in [0.15, 0.2) is 53.6 Å². The first-order valence-electron chi connectivity index (χ1n) is 15.4. The molecule has 1 saturated heterocycles. The molecule has 47 heavy (non-hydrogen) atoms. The number of carboxylic acids is 1. The number of phenols is 1. The average Bonchev–Trinajstić information content (AvgIpc) is 3.47. The Labute approximate surface area is 269 Å². The van der Waals surface area contributed by atoms with Gasteiger partial charge in [-0.25, -0.2) is 9.79 Å². The highest BCUT2D eigenvalue weighted by atomic mass is 16.7. The SMILES string of the molecule is N=C1C=CC(CCOc2ccc(C3C=C(O)c4c(cc(OC5OC(C(=O)O)C(O)C(O)C5O)c(OC5CCCCC5)c4O)O3)cc2)=N1. The van der Waals surface area contributed by atoms with Gasteiger partial charge in [-0.2, -0.15) is 0 Å². The smallest absolute Gasteiger partial charge is 0.335 e. The Morgan fingerprint density at radius 3 is 2.40 bits per heavy atom. The quantitative estimate of drug-likeness (QED) is 0.197. The maximum absolute atomic E-state index is 11.7. The maximum Gasteiger partial charge on any atom is 0.335 e. The molecule has 7 N–H and O–H groups in total. The van der Waals surface area contributed by atoms with Crippen LogP contribution in [0.3, 0.4) is 0 Å². The summed E-state index contributed by atoms with van der Waals surface area (Å²) in [4.78, 5) is 15.7. The van der Waals surface area contributed by atoms with Gasteiger partial charge in [-0.15, -0.1) is 0 Å². The predicted octanol–water partition coefficient (Wildman–Crippen LogP) is 3.16. The molecule has 6 atom stereocenters. The topological polar surface area (TPSA) is 221 Å². The van der Waals surface area contributed by atoms with Crippen LogP contribution in [0.2, 0.25) is 0 Å². The van der Waals surface area contributed by atoms with Gasteiger partial charge in [0, 0.05) is 24.3 Å². The molecule has 3 aliphatic heterocycles. The molecule has 2 aromatic carbocycles. The summed E-state index contributed by atoms with van der Waals surface area (Å²) in [5, 5.41) is 70.5. The molecule has 0 aromatic heterocycles. The van der Waals surface area contributed by atoms with E-state index in [-0.39, 0.29) is 40.5 Å². The largest absolute Gasteiger partial charge is 0.507 e. The summed E-state index contributed by atoms with van der Waals surface area (Å²) in [6.45, 7) is 0.361. The molecule has 6 rings (SSSR count). The van der Waals surface area contributed by atoms with Crippen molar-refractivity contribution in [2.45, 2.75) is 81.4 Å². The zero-order valence-corrected chi connectivity index (χ0v) is 25.2. The summed E-state index contributed by atoms with van der Waals surface area (Å²) in [5.41, 5.74) is 1.35. The molecule has 2 fully saturated rings. The van der Waals surface area contributed by atoms with Crippen molar-refractivity contribution >= 4 is 23.3 Å². The number of aliphatic imine (C=N–C) groups is 1. The number of allylic oxidation sites excluding steroid dienone is 1. The third kappa shape index (κ3) is 6.90. The van der Waals surface area contributed by atoms with E-state index >= 15 is 0 Å². The van der Waals surface area contributed by atoms with Gasteiger partial charge < -0.3 is 54.3 Å². The van der Waals surface area contributed by atoms with Crippen molar-refractivity contribution in [3.63, 3.8) is 0 Å². The van der Waals surface area contributed by atoms with Gasteiger partial charge in [0.25, 0.3) is 0 Å². The van der Waals surface area contributed by atoms with Crippen LogP contribution in [-0.2, 0) is 9.53 Å². The number of hydrogen-bond donors (Lipinski definition) is 7. The van der Waals surface area contributed by atoms with Gasteiger partial charge in [0.05, 0.1) is 12.7 Å². The minimum atomic E-state index is -1.92. The summed E-state index contributed by atoms with van der Waals surface area (Å²) >= 11 is 0. The van der Waals surface area contributed by atoms with Gasteiger partial charge in [0.15, 0.2) is 17.6 Å². The number of aliphatic carboxylic acids is 1. The average molecular weight is 653 g/mol. The number of ether oxygens (including phenoxy) is 5. The molecular weight excluding hydrogens is 616 g/mol. The van der Waals surface area contributed by atoms with Crippen LogP contribution in [0.4, 0.5) is 0 Å². The maximum atomic E-state index is 11.7. The van der Waals surface area contributed by atoms with E-state index in [1.807, 2.05) is 0 Å². The normalized spacial score (nSPS) is 27.3. The number of carboxylic acid groups (broad SMARTS) is 1. The second-order valence-corrected chi connectivity index (χ2v) is 11.7. The van der Waals surface area contributed by atoms with Crippen molar-refractivity contribution in [2.24, 2.45) is 4.99 Å². The van der Waals surface area contributed by atoms with E-state index in [2.05, 4.69) is 4.99 Å². The van der Waals surface area contributed by atoms with Gasteiger partial charge in [-0.1, -0.05) is 18.6 Å². The lowest BCUT2D eigenvalue weighted by Crippen LogP contribution is -2.61. The van der Waals surface area contributed by atoms with Crippen molar-refractivity contribution < 1.29 is 59.1 Å². The number of aliphatic hydroxyl groups excluding tert-OH is 4. The molecule has 2 aromatic rings.